The van der Waals surface area contributed by atoms with Crippen molar-refractivity contribution in [1.82, 2.24) is 35.0 Å². The Morgan fingerprint density at radius 1 is 0.696 bits per heavy atom. The lowest BCUT2D eigenvalue weighted by molar-refractivity contribution is -0.111. The van der Waals surface area contributed by atoms with Gasteiger partial charge in [0.15, 0.2) is 12.5 Å². The van der Waals surface area contributed by atoms with Crippen LogP contribution in [0.1, 0.15) is 97.2 Å². The second kappa shape index (κ2) is 26.1. The summed E-state index contributed by atoms with van der Waals surface area (Å²) in [6.07, 6.45) is 0.949. The number of imidazole rings is 2. The summed E-state index contributed by atoms with van der Waals surface area (Å²) in [6.45, 7) is 20.8. The molecule has 0 aliphatic rings. The van der Waals surface area contributed by atoms with Gasteiger partial charge in [0.2, 0.25) is 0 Å². The van der Waals surface area contributed by atoms with Crippen LogP contribution < -0.4 is 21.6 Å². The van der Waals surface area contributed by atoms with E-state index in [0.29, 0.717) is 6.54 Å². The highest BCUT2D eigenvalue weighted by Crippen LogP contribution is 2.35. The summed E-state index contributed by atoms with van der Waals surface area (Å²) in [5.41, 5.74) is 12.0. The van der Waals surface area contributed by atoms with Gasteiger partial charge < -0.3 is 45.3 Å². The van der Waals surface area contributed by atoms with Crippen molar-refractivity contribution in [2.75, 3.05) is 19.6 Å². The molecule has 6 N–H and O–H groups in total. The van der Waals surface area contributed by atoms with E-state index in [4.69, 9.17) is 25.5 Å². The molecule has 2 heterocycles. The molecule has 1 amide bonds. The number of ether oxygens (including phenoxy) is 1. The maximum Gasteiger partial charge on any atom is 0.407 e. The number of amides is 1. The highest BCUT2D eigenvalue weighted by Gasteiger charge is 2.32. The number of carbonyl (C=O) groups is 2. The number of nitrogens with zero attached hydrogens (tertiary/aromatic N) is 4. The number of rotatable bonds is 17. The first-order chi connectivity index (χ1) is 32.5. The van der Waals surface area contributed by atoms with Crippen LogP contribution in [-0.4, -0.2) is 81.1 Å². The summed E-state index contributed by atoms with van der Waals surface area (Å²) < 4.78 is 36.3. The van der Waals surface area contributed by atoms with Crippen molar-refractivity contribution in [2.45, 2.75) is 112 Å². The lowest BCUT2D eigenvalue weighted by Crippen LogP contribution is -2.42. The average Bonchev–Trinajstić information content (AvgIpc) is 3.92. The van der Waals surface area contributed by atoms with E-state index in [1.807, 2.05) is 72.8 Å². The minimum absolute atomic E-state index is 0.0479. The van der Waals surface area contributed by atoms with Gasteiger partial charge in [-0.25, -0.2) is 23.5 Å². The average molecular weight is 947 g/mol. The Morgan fingerprint density at radius 3 is 1.54 bits per heavy atom. The molecule has 6 aromatic rings. The molecule has 0 bridgehead atoms. The van der Waals surface area contributed by atoms with Crippen LogP contribution in [0.4, 0.5) is 13.6 Å². The molecule has 0 spiro atoms. The van der Waals surface area contributed by atoms with E-state index in [9.17, 15) is 18.4 Å². The van der Waals surface area contributed by atoms with E-state index in [-0.39, 0.29) is 48.8 Å². The third-order valence-electron chi connectivity index (χ3n) is 10.6. The summed E-state index contributed by atoms with van der Waals surface area (Å²) in [6, 6.07) is 40.6. The zero-order chi connectivity index (χ0) is 50.8. The summed E-state index contributed by atoms with van der Waals surface area (Å²) >= 11 is 0. The van der Waals surface area contributed by atoms with E-state index in [1.165, 1.54) is 12.4 Å². The first kappa shape index (κ1) is 55.6. The van der Waals surface area contributed by atoms with Crippen LogP contribution in [0.5, 0.6) is 0 Å². The van der Waals surface area contributed by atoms with Gasteiger partial charge in [-0.2, -0.15) is 0 Å². The van der Waals surface area contributed by atoms with Crippen molar-refractivity contribution in [3.05, 3.63) is 156 Å². The van der Waals surface area contributed by atoms with Crippen LogP contribution in [0.3, 0.4) is 0 Å². The molecule has 4 aromatic carbocycles. The van der Waals surface area contributed by atoms with Crippen LogP contribution in [0.25, 0.3) is 22.5 Å². The molecule has 4 atom stereocenters. The summed E-state index contributed by atoms with van der Waals surface area (Å²) in [5, 5.41) is 16.8. The minimum atomic E-state index is -1.51. The highest BCUT2D eigenvalue weighted by atomic mass is 19.1. The Balaban J connectivity index is 0.000000268. The molecular weight excluding hydrogens is 873 g/mol. The van der Waals surface area contributed by atoms with Crippen LogP contribution in [-0.2, 0) is 22.6 Å². The monoisotopic (exact) mass is 947 g/mol. The number of benzene rings is 4. The molecule has 0 saturated carbocycles. The van der Waals surface area contributed by atoms with Crippen LogP contribution in [0.15, 0.2) is 134 Å². The van der Waals surface area contributed by atoms with Crippen molar-refractivity contribution in [3.8, 4) is 22.5 Å². The normalized spacial score (nSPS) is 13.4. The lowest BCUT2D eigenvalue weighted by Gasteiger charge is -2.32. The van der Waals surface area contributed by atoms with Crippen molar-refractivity contribution in [2.24, 2.45) is 16.6 Å². The molecule has 6 rings (SSSR count). The number of halogens is 2. The number of hydrogen-bond acceptors (Lipinski definition) is 9. The summed E-state index contributed by atoms with van der Waals surface area (Å²) in [5.74, 6) is 1.78. The van der Waals surface area contributed by atoms with Gasteiger partial charge in [0.1, 0.15) is 23.4 Å². The predicted molar refractivity (Wildman–Crippen MR) is 275 cm³/mol. The van der Waals surface area contributed by atoms with Crippen LogP contribution in [0.2, 0.25) is 6.82 Å². The van der Waals surface area contributed by atoms with Crippen molar-refractivity contribution >= 4 is 19.4 Å². The maximum absolute atomic E-state index is 14.8. The zero-order valence-corrected chi connectivity index (χ0v) is 42.0. The molecule has 0 radical (unpaired) electrons. The van der Waals surface area contributed by atoms with Gasteiger partial charge in [-0.05, 0) is 49.6 Å². The Bertz CT molecular complexity index is 2420. The van der Waals surface area contributed by atoms with Crippen molar-refractivity contribution in [1.29, 1.82) is 0 Å². The maximum atomic E-state index is 14.8. The quantitative estimate of drug-likeness (QED) is 0.0443. The van der Waals surface area contributed by atoms with E-state index < -0.39 is 31.1 Å². The fraction of sp³-hybridized carbons (Fsp3) is 0.407. The van der Waals surface area contributed by atoms with E-state index >= 15 is 0 Å². The fourth-order valence-corrected chi connectivity index (χ4v) is 6.98. The van der Waals surface area contributed by atoms with Crippen LogP contribution in [0, 0.1) is 10.8 Å². The van der Waals surface area contributed by atoms with Crippen molar-refractivity contribution < 1.29 is 28.1 Å². The zero-order valence-electron chi connectivity index (χ0n) is 42.0. The molecule has 0 unspecified atom stereocenters. The first-order valence-corrected chi connectivity index (χ1v) is 23.5. The third kappa shape index (κ3) is 19.1. The molecule has 370 valence electrons. The van der Waals surface area contributed by atoms with Crippen molar-refractivity contribution in [3.63, 3.8) is 0 Å². The van der Waals surface area contributed by atoms with Gasteiger partial charge in [0.25, 0.3) is 0 Å². The third-order valence-corrected chi connectivity index (χ3v) is 10.6. The van der Waals surface area contributed by atoms with Gasteiger partial charge in [-0.15, -0.1) is 0 Å². The molecule has 0 fully saturated rings. The predicted octanol–water partition coefficient (Wildman–Crippen LogP) is 10.0. The number of alkyl carbamates (subject to hydrolysis) is 1. The Kier molecular flexibility index (Phi) is 21.0. The summed E-state index contributed by atoms with van der Waals surface area (Å²) in [4.78, 5) is 31.4. The van der Waals surface area contributed by atoms with E-state index in [0.717, 1.165) is 46.3 Å². The minimum Gasteiger partial charge on any atom is -0.444 e. The number of aromatic nitrogens is 4. The van der Waals surface area contributed by atoms with Gasteiger partial charge in [0.05, 0.1) is 30.0 Å². The Morgan fingerprint density at radius 2 is 1.13 bits per heavy atom. The first-order valence-electron chi connectivity index (χ1n) is 23.5. The molecular formula is C54H73BF2N8O4. The standard InChI is InChI=1S/C29H39FN4O2.C21H25N3.C4H9BFNO2/c1-28(2,3)25(31-17-23(30)18-32-27(35)36-29(4,5)6)26-33-24(22-15-11-8-12-16-22)20-34(26)19-21-13-9-7-10-14-21;1-21(2,3)19(22)20-23-18(17-12-8-5-9-13-17)15-24(20)14-16-10-6-4-7-11-16;1-5(9)7-2-4(6)3-8/h7-16,20,23,25,31H,17-19H2,1-6H3,(H,32,35);4-13,15,19H,14,22H2,1-3H3;3-4,7,9H,2H2,1H3/t23-,25-;19-;4-/m001/s1. The lowest BCUT2D eigenvalue weighted by atomic mass is 9.86. The second-order valence-corrected chi connectivity index (χ2v) is 20.2. The molecule has 0 saturated heterocycles. The number of hydrogen-bond donors (Lipinski definition) is 5. The smallest absolute Gasteiger partial charge is 0.407 e. The molecule has 0 aliphatic heterocycles. The molecule has 2 aromatic heterocycles. The SMILES string of the molecule is CB(O)NC[C@@H](F)C=O.CC(C)(C)OC(=O)NC[C@@H](F)CN[C@@H](c1nc(-c2ccccc2)cn1Cc1ccccc1)C(C)(C)C.CC(C)(C)[C@@H](N)c1nc(-c2ccccc2)cn1Cc1ccccc1. The topological polar surface area (TPSA) is 161 Å². The molecule has 12 nitrogen and oxygen atoms in total. The van der Waals surface area contributed by atoms with Gasteiger partial charge in [-0.1, -0.05) is 163 Å². The molecule has 0 aliphatic carbocycles. The second-order valence-electron chi connectivity index (χ2n) is 20.2. The highest BCUT2D eigenvalue weighted by molar-refractivity contribution is 6.45. The number of nitrogens with two attached hydrogens (primary N) is 1. The van der Waals surface area contributed by atoms with E-state index in [1.54, 1.807) is 20.8 Å². The molecule has 69 heavy (non-hydrogen) atoms. The number of nitrogens with one attached hydrogen (secondary N) is 3. The van der Waals surface area contributed by atoms with Gasteiger partial charge in [-0.3, -0.25) is 0 Å². The van der Waals surface area contributed by atoms with Gasteiger partial charge >= 0.3 is 13.1 Å². The largest absolute Gasteiger partial charge is 0.444 e. The Hall–Kier alpha value is -6.00. The fourth-order valence-electron chi connectivity index (χ4n) is 6.98. The van der Waals surface area contributed by atoms with Crippen LogP contribution >= 0.6 is 0 Å². The van der Waals surface area contributed by atoms with E-state index in [2.05, 4.69) is 127 Å². The number of carbonyl (C=O) groups excluding carboxylic acids is 2. The molecule has 15 heteroatoms. The summed E-state index contributed by atoms with van der Waals surface area (Å²) in [7, 11) is -0.761. The Labute approximate surface area is 408 Å². The number of aldehydes is 1. The number of alkyl halides is 2. The van der Waals surface area contributed by atoms with Gasteiger partial charge in [0, 0.05) is 49.7 Å².